The second kappa shape index (κ2) is 6.19. The minimum atomic E-state index is 0.0348. The van der Waals surface area contributed by atoms with Crippen molar-refractivity contribution in [3.05, 3.63) is 60.3 Å². The summed E-state index contributed by atoms with van der Waals surface area (Å²) in [5.74, 6) is 0.0348. The Morgan fingerprint density at radius 1 is 1.21 bits per heavy atom. The second-order valence-electron chi connectivity index (χ2n) is 4.70. The molecule has 2 nitrogen and oxygen atoms in total. The first-order valence-electron chi connectivity index (χ1n) is 6.67. The molecule has 0 aliphatic rings. The van der Waals surface area contributed by atoms with Crippen molar-refractivity contribution >= 4 is 16.6 Å². The smallest absolute Gasteiger partial charge is 0.187 e. The van der Waals surface area contributed by atoms with Crippen molar-refractivity contribution < 1.29 is 4.79 Å². The zero-order chi connectivity index (χ0) is 13.7. The van der Waals surface area contributed by atoms with E-state index in [4.69, 9.17) is 0 Å². The predicted octanol–water partition coefficient (Wildman–Crippen LogP) is 3.92. The van der Waals surface area contributed by atoms with Gasteiger partial charge < -0.3 is 5.32 Å². The van der Waals surface area contributed by atoms with Crippen LogP contribution in [0.5, 0.6) is 0 Å². The SMILES string of the molecule is CCC(C)N/C=C\C(=O)c1cccc2ccccc12. The largest absolute Gasteiger partial charge is 0.388 e. The second-order valence-corrected chi connectivity index (χ2v) is 4.70. The lowest BCUT2D eigenvalue weighted by Crippen LogP contribution is -2.19. The molecule has 0 fully saturated rings. The third kappa shape index (κ3) is 3.22. The monoisotopic (exact) mass is 253 g/mol. The van der Waals surface area contributed by atoms with E-state index in [0.29, 0.717) is 6.04 Å². The van der Waals surface area contributed by atoms with Gasteiger partial charge in [-0.25, -0.2) is 0 Å². The molecule has 1 atom stereocenters. The fourth-order valence-corrected chi connectivity index (χ4v) is 1.94. The normalized spacial score (nSPS) is 12.7. The molecular weight excluding hydrogens is 234 g/mol. The van der Waals surface area contributed by atoms with Gasteiger partial charge in [-0.3, -0.25) is 4.79 Å². The lowest BCUT2D eigenvalue weighted by Gasteiger charge is -2.07. The van der Waals surface area contributed by atoms with Crippen molar-refractivity contribution in [3.63, 3.8) is 0 Å². The number of carbonyl (C=O) groups excluding carboxylic acids is 1. The summed E-state index contributed by atoms with van der Waals surface area (Å²) >= 11 is 0. The van der Waals surface area contributed by atoms with Crippen LogP contribution in [-0.4, -0.2) is 11.8 Å². The summed E-state index contributed by atoms with van der Waals surface area (Å²) in [4.78, 5) is 12.2. The van der Waals surface area contributed by atoms with E-state index >= 15 is 0 Å². The van der Waals surface area contributed by atoms with Crippen LogP contribution in [0.3, 0.4) is 0 Å². The zero-order valence-corrected chi connectivity index (χ0v) is 11.4. The number of hydrogen-bond donors (Lipinski definition) is 1. The molecule has 19 heavy (non-hydrogen) atoms. The van der Waals surface area contributed by atoms with Gasteiger partial charge in [-0.2, -0.15) is 0 Å². The molecule has 0 aromatic heterocycles. The summed E-state index contributed by atoms with van der Waals surface area (Å²) in [6, 6.07) is 14.1. The van der Waals surface area contributed by atoms with Gasteiger partial charge in [0.05, 0.1) is 0 Å². The van der Waals surface area contributed by atoms with E-state index < -0.39 is 0 Å². The molecule has 2 rings (SSSR count). The molecule has 1 N–H and O–H groups in total. The molecule has 1 unspecified atom stereocenters. The van der Waals surface area contributed by atoms with Gasteiger partial charge in [-0.1, -0.05) is 49.4 Å². The number of carbonyl (C=O) groups is 1. The highest BCUT2D eigenvalue weighted by atomic mass is 16.1. The quantitative estimate of drug-likeness (QED) is 0.646. The molecular formula is C17H19NO. The minimum absolute atomic E-state index is 0.0348. The molecule has 2 aromatic carbocycles. The first-order chi connectivity index (χ1) is 9.22. The molecule has 2 aromatic rings. The number of fused-ring (bicyclic) bond motifs is 1. The van der Waals surface area contributed by atoms with E-state index in [1.165, 1.54) is 0 Å². The number of ketones is 1. The maximum absolute atomic E-state index is 12.2. The maximum Gasteiger partial charge on any atom is 0.187 e. The summed E-state index contributed by atoms with van der Waals surface area (Å²) in [7, 11) is 0. The Balaban J connectivity index is 2.22. The zero-order valence-electron chi connectivity index (χ0n) is 11.4. The Morgan fingerprint density at radius 2 is 1.95 bits per heavy atom. The van der Waals surface area contributed by atoms with Crippen LogP contribution >= 0.6 is 0 Å². The van der Waals surface area contributed by atoms with Crippen molar-refractivity contribution in [1.29, 1.82) is 0 Å². The van der Waals surface area contributed by atoms with Crippen molar-refractivity contribution in [1.82, 2.24) is 5.32 Å². The van der Waals surface area contributed by atoms with Gasteiger partial charge in [0, 0.05) is 23.9 Å². The van der Waals surface area contributed by atoms with Crippen LogP contribution < -0.4 is 5.32 Å². The molecule has 0 amide bonds. The van der Waals surface area contributed by atoms with Crippen molar-refractivity contribution in [2.75, 3.05) is 0 Å². The van der Waals surface area contributed by atoms with Gasteiger partial charge in [0.1, 0.15) is 0 Å². The van der Waals surface area contributed by atoms with Gasteiger partial charge in [0.2, 0.25) is 0 Å². The van der Waals surface area contributed by atoms with E-state index in [1.807, 2.05) is 42.5 Å². The average molecular weight is 253 g/mol. The highest BCUT2D eigenvalue weighted by Gasteiger charge is 2.06. The first kappa shape index (κ1) is 13.3. The van der Waals surface area contributed by atoms with Crippen LogP contribution in [0.2, 0.25) is 0 Å². The molecule has 0 saturated carbocycles. The van der Waals surface area contributed by atoms with Crippen LogP contribution in [0.15, 0.2) is 54.7 Å². The Kier molecular flexibility index (Phi) is 4.35. The molecule has 0 aliphatic heterocycles. The number of hydrogen-bond acceptors (Lipinski definition) is 2. The highest BCUT2D eigenvalue weighted by Crippen LogP contribution is 2.19. The van der Waals surface area contributed by atoms with Gasteiger partial charge in [0.15, 0.2) is 5.78 Å². The lowest BCUT2D eigenvalue weighted by atomic mass is 10.0. The third-order valence-electron chi connectivity index (χ3n) is 3.28. The molecule has 2 heteroatoms. The molecule has 0 aliphatic carbocycles. The predicted molar refractivity (Wildman–Crippen MR) is 80.3 cm³/mol. The maximum atomic E-state index is 12.2. The fourth-order valence-electron chi connectivity index (χ4n) is 1.94. The Morgan fingerprint density at radius 3 is 2.74 bits per heavy atom. The lowest BCUT2D eigenvalue weighted by molar-refractivity contribution is 0.104. The van der Waals surface area contributed by atoms with E-state index in [0.717, 1.165) is 22.8 Å². The minimum Gasteiger partial charge on any atom is -0.388 e. The standard InChI is InChI=1S/C17H19NO/c1-3-13(2)18-12-11-17(19)16-10-6-8-14-7-4-5-9-15(14)16/h4-13,18H,3H2,1-2H3/b12-11-. The number of nitrogens with one attached hydrogen (secondary N) is 1. The fraction of sp³-hybridized carbons (Fsp3) is 0.235. The van der Waals surface area contributed by atoms with Gasteiger partial charge in [-0.05, 0) is 24.1 Å². The van der Waals surface area contributed by atoms with Crippen LogP contribution in [0, 0.1) is 0 Å². The molecule has 98 valence electrons. The Bertz CT molecular complexity index is 596. The molecule has 0 heterocycles. The van der Waals surface area contributed by atoms with Gasteiger partial charge in [-0.15, -0.1) is 0 Å². The van der Waals surface area contributed by atoms with Crippen LogP contribution in [0.4, 0.5) is 0 Å². The topological polar surface area (TPSA) is 29.1 Å². The van der Waals surface area contributed by atoms with Crippen molar-refractivity contribution in [3.8, 4) is 0 Å². The average Bonchev–Trinajstić information content (AvgIpc) is 2.46. The van der Waals surface area contributed by atoms with E-state index in [9.17, 15) is 4.79 Å². The molecule has 0 saturated heterocycles. The van der Waals surface area contributed by atoms with E-state index in [-0.39, 0.29) is 5.78 Å². The Hall–Kier alpha value is -2.09. The summed E-state index contributed by atoms with van der Waals surface area (Å²) in [5.41, 5.74) is 0.750. The van der Waals surface area contributed by atoms with Gasteiger partial charge in [0.25, 0.3) is 0 Å². The van der Waals surface area contributed by atoms with Crippen molar-refractivity contribution in [2.45, 2.75) is 26.3 Å². The van der Waals surface area contributed by atoms with Crippen molar-refractivity contribution in [2.24, 2.45) is 0 Å². The Labute approximate surface area is 114 Å². The molecule has 0 spiro atoms. The number of benzene rings is 2. The third-order valence-corrected chi connectivity index (χ3v) is 3.28. The highest BCUT2D eigenvalue weighted by molar-refractivity contribution is 6.13. The molecule has 0 radical (unpaired) electrons. The number of rotatable bonds is 5. The van der Waals surface area contributed by atoms with Gasteiger partial charge >= 0.3 is 0 Å². The van der Waals surface area contributed by atoms with E-state index in [1.54, 1.807) is 12.3 Å². The van der Waals surface area contributed by atoms with Crippen LogP contribution in [0.1, 0.15) is 30.6 Å². The molecule has 0 bridgehead atoms. The van der Waals surface area contributed by atoms with Crippen LogP contribution in [-0.2, 0) is 0 Å². The summed E-state index contributed by atoms with van der Waals surface area (Å²) in [6.07, 6.45) is 4.39. The van der Waals surface area contributed by atoms with Crippen LogP contribution in [0.25, 0.3) is 10.8 Å². The first-order valence-corrected chi connectivity index (χ1v) is 6.67. The summed E-state index contributed by atoms with van der Waals surface area (Å²) in [6.45, 7) is 4.20. The summed E-state index contributed by atoms with van der Waals surface area (Å²) < 4.78 is 0. The summed E-state index contributed by atoms with van der Waals surface area (Å²) in [5, 5.41) is 5.28. The number of allylic oxidation sites excluding steroid dienone is 1. The van der Waals surface area contributed by atoms with E-state index in [2.05, 4.69) is 19.2 Å².